The lowest BCUT2D eigenvalue weighted by Crippen LogP contribution is -2.49. The third-order valence-electron chi connectivity index (χ3n) is 5.01. The van der Waals surface area contributed by atoms with Gasteiger partial charge in [0.25, 0.3) is 5.91 Å². The molecule has 24 heavy (non-hydrogen) atoms. The van der Waals surface area contributed by atoms with Gasteiger partial charge in [-0.05, 0) is 42.7 Å². The van der Waals surface area contributed by atoms with Crippen LogP contribution in [-0.4, -0.2) is 46.4 Å². The summed E-state index contributed by atoms with van der Waals surface area (Å²) in [5.74, 6) is -0.0693. The fourth-order valence-electron chi connectivity index (χ4n) is 3.81. The first-order chi connectivity index (χ1) is 11.5. The van der Waals surface area contributed by atoms with Crippen LogP contribution in [0, 0.1) is 0 Å². The zero-order chi connectivity index (χ0) is 16.9. The molecule has 1 aromatic heterocycles. The Kier molecular flexibility index (Phi) is 3.62. The number of nitrogens with one attached hydrogen (secondary N) is 1. The number of fused-ring (bicyclic) bond motifs is 1. The SMILES string of the molecule is CC(C)N1C(=O)N[C@@]2(CCN(Cc3csc4ccccc34)C2)C1=O. The number of hydrogen-bond donors (Lipinski definition) is 1. The zero-order valence-electron chi connectivity index (χ0n) is 13.9. The summed E-state index contributed by atoms with van der Waals surface area (Å²) >= 11 is 1.75. The summed E-state index contributed by atoms with van der Waals surface area (Å²) in [4.78, 5) is 28.6. The summed E-state index contributed by atoms with van der Waals surface area (Å²) < 4.78 is 1.29. The van der Waals surface area contributed by atoms with E-state index in [4.69, 9.17) is 0 Å². The second-order valence-electron chi connectivity index (χ2n) is 7.00. The quantitative estimate of drug-likeness (QED) is 0.872. The van der Waals surface area contributed by atoms with Gasteiger partial charge in [0.05, 0.1) is 0 Å². The standard InChI is InChI=1S/C18H21N3O2S/c1-12(2)21-16(22)18(19-17(21)23)7-8-20(11-18)9-13-10-24-15-6-4-3-5-14(13)15/h3-6,10,12H,7-9,11H2,1-2H3,(H,19,23)/t18-/m1/s1. The summed E-state index contributed by atoms with van der Waals surface area (Å²) in [7, 11) is 0. The minimum atomic E-state index is -0.729. The van der Waals surface area contributed by atoms with E-state index in [9.17, 15) is 9.59 Å². The first kappa shape index (κ1) is 15.6. The summed E-state index contributed by atoms with van der Waals surface area (Å²) in [5, 5.41) is 6.44. The van der Waals surface area contributed by atoms with Crippen LogP contribution in [0.4, 0.5) is 4.79 Å². The van der Waals surface area contributed by atoms with Gasteiger partial charge in [-0.15, -0.1) is 11.3 Å². The van der Waals surface area contributed by atoms with Gasteiger partial charge in [0.15, 0.2) is 0 Å². The number of urea groups is 1. The fourth-order valence-corrected chi connectivity index (χ4v) is 4.76. The maximum absolute atomic E-state index is 12.8. The van der Waals surface area contributed by atoms with Crippen molar-refractivity contribution in [1.82, 2.24) is 15.1 Å². The van der Waals surface area contributed by atoms with Gasteiger partial charge in [-0.3, -0.25) is 14.6 Å². The molecule has 3 heterocycles. The number of likely N-dealkylation sites (tertiary alicyclic amines) is 1. The molecule has 2 saturated heterocycles. The number of rotatable bonds is 3. The van der Waals surface area contributed by atoms with Gasteiger partial charge >= 0.3 is 6.03 Å². The Morgan fingerprint density at radius 1 is 1.29 bits per heavy atom. The van der Waals surface area contributed by atoms with Crippen LogP contribution in [0.5, 0.6) is 0 Å². The third-order valence-corrected chi connectivity index (χ3v) is 6.03. The topological polar surface area (TPSA) is 52.7 Å². The summed E-state index contributed by atoms with van der Waals surface area (Å²) in [5.41, 5.74) is 0.567. The van der Waals surface area contributed by atoms with E-state index in [1.54, 1.807) is 11.3 Å². The molecule has 4 rings (SSSR count). The van der Waals surface area contributed by atoms with Crippen molar-refractivity contribution in [3.63, 3.8) is 0 Å². The molecule has 1 atom stereocenters. The van der Waals surface area contributed by atoms with Crippen molar-refractivity contribution in [3.8, 4) is 0 Å². The van der Waals surface area contributed by atoms with Crippen molar-refractivity contribution in [3.05, 3.63) is 35.2 Å². The molecule has 0 unspecified atom stereocenters. The maximum Gasteiger partial charge on any atom is 0.325 e. The third kappa shape index (κ3) is 2.32. The number of nitrogens with zero attached hydrogens (tertiary/aromatic N) is 2. The monoisotopic (exact) mass is 343 g/mol. The van der Waals surface area contributed by atoms with Crippen LogP contribution in [0.3, 0.4) is 0 Å². The van der Waals surface area contributed by atoms with E-state index in [1.165, 1.54) is 20.5 Å². The molecule has 0 radical (unpaired) electrons. The predicted octanol–water partition coefficient (Wildman–Crippen LogP) is 2.81. The van der Waals surface area contributed by atoms with E-state index in [1.807, 2.05) is 13.8 Å². The molecule has 0 bridgehead atoms. The Bertz CT molecular complexity index is 815. The average molecular weight is 343 g/mol. The number of amides is 3. The van der Waals surface area contributed by atoms with Crippen molar-refractivity contribution in [2.45, 2.75) is 38.4 Å². The van der Waals surface area contributed by atoms with Crippen molar-refractivity contribution in [1.29, 1.82) is 0 Å². The summed E-state index contributed by atoms with van der Waals surface area (Å²) in [6, 6.07) is 8.04. The molecule has 0 saturated carbocycles. The molecule has 1 spiro atoms. The predicted molar refractivity (Wildman–Crippen MR) is 95.0 cm³/mol. The lowest BCUT2D eigenvalue weighted by molar-refractivity contribution is -0.132. The van der Waals surface area contributed by atoms with E-state index >= 15 is 0 Å². The van der Waals surface area contributed by atoms with E-state index < -0.39 is 5.54 Å². The second kappa shape index (κ2) is 5.57. The lowest BCUT2D eigenvalue weighted by Gasteiger charge is -2.23. The summed E-state index contributed by atoms with van der Waals surface area (Å²) in [6.45, 7) is 5.98. The Balaban J connectivity index is 1.53. The van der Waals surface area contributed by atoms with Gasteiger partial charge in [-0.1, -0.05) is 18.2 Å². The van der Waals surface area contributed by atoms with Crippen molar-refractivity contribution in [2.24, 2.45) is 0 Å². The van der Waals surface area contributed by atoms with Crippen molar-refractivity contribution in [2.75, 3.05) is 13.1 Å². The van der Waals surface area contributed by atoms with Crippen LogP contribution in [0.15, 0.2) is 29.6 Å². The molecule has 1 N–H and O–H groups in total. The number of thiophene rings is 1. The number of imide groups is 1. The molecule has 1 aromatic carbocycles. The largest absolute Gasteiger partial charge is 0.325 e. The number of carbonyl (C=O) groups excluding carboxylic acids is 2. The Labute approximate surface area is 145 Å². The zero-order valence-corrected chi connectivity index (χ0v) is 14.7. The van der Waals surface area contributed by atoms with Crippen LogP contribution in [0.2, 0.25) is 0 Å². The van der Waals surface area contributed by atoms with Crippen LogP contribution in [-0.2, 0) is 11.3 Å². The maximum atomic E-state index is 12.8. The van der Waals surface area contributed by atoms with Gasteiger partial charge in [0.1, 0.15) is 5.54 Å². The minimum Gasteiger partial charge on any atom is -0.322 e. The Morgan fingerprint density at radius 2 is 2.08 bits per heavy atom. The highest BCUT2D eigenvalue weighted by Gasteiger charge is 2.55. The van der Waals surface area contributed by atoms with Gasteiger partial charge in [0.2, 0.25) is 0 Å². The normalized spacial score (nSPS) is 24.7. The van der Waals surface area contributed by atoms with Crippen LogP contribution in [0.1, 0.15) is 25.8 Å². The van der Waals surface area contributed by atoms with Crippen molar-refractivity contribution >= 4 is 33.4 Å². The number of carbonyl (C=O) groups is 2. The summed E-state index contributed by atoms with van der Waals surface area (Å²) in [6.07, 6.45) is 0.683. The van der Waals surface area contributed by atoms with E-state index in [0.717, 1.165) is 13.1 Å². The van der Waals surface area contributed by atoms with Gasteiger partial charge in [-0.25, -0.2) is 4.79 Å². The molecule has 126 valence electrons. The van der Waals surface area contributed by atoms with Crippen LogP contribution >= 0.6 is 11.3 Å². The Morgan fingerprint density at radius 3 is 2.83 bits per heavy atom. The Hall–Kier alpha value is -1.92. The lowest BCUT2D eigenvalue weighted by atomic mass is 9.98. The molecular formula is C18H21N3O2S. The molecule has 0 aliphatic carbocycles. The van der Waals surface area contributed by atoms with E-state index in [0.29, 0.717) is 13.0 Å². The molecule has 2 aromatic rings. The van der Waals surface area contributed by atoms with Gasteiger partial charge in [-0.2, -0.15) is 0 Å². The van der Waals surface area contributed by atoms with Crippen molar-refractivity contribution < 1.29 is 9.59 Å². The molecule has 2 aliphatic rings. The highest BCUT2D eigenvalue weighted by Crippen LogP contribution is 2.32. The highest BCUT2D eigenvalue weighted by atomic mass is 32.1. The fraction of sp³-hybridized carbons (Fsp3) is 0.444. The molecule has 6 heteroatoms. The van der Waals surface area contributed by atoms with E-state index in [2.05, 4.69) is 39.9 Å². The average Bonchev–Trinajstić information content (AvgIpc) is 3.19. The van der Waals surface area contributed by atoms with Crippen LogP contribution in [0.25, 0.3) is 10.1 Å². The van der Waals surface area contributed by atoms with Gasteiger partial charge in [0, 0.05) is 30.4 Å². The minimum absolute atomic E-state index is 0.0693. The first-order valence-corrected chi connectivity index (χ1v) is 9.21. The molecule has 3 amide bonds. The molecular weight excluding hydrogens is 322 g/mol. The smallest absolute Gasteiger partial charge is 0.322 e. The molecule has 2 fully saturated rings. The molecule has 5 nitrogen and oxygen atoms in total. The highest BCUT2D eigenvalue weighted by molar-refractivity contribution is 7.17. The van der Waals surface area contributed by atoms with Gasteiger partial charge < -0.3 is 5.32 Å². The van der Waals surface area contributed by atoms with E-state index in [-0.39, 0.29) is 18.0 Å². The first-order valence-electron chi connectivity index (χ1n) is 8.33. The molecule has 2 aliphatic heterocycles. The van der Waals surface area contributed by atoms with Crippen LogP contribution < -0.4 is 5.32 Å². The number of hydrogen-bond acceptors (Lipinski definition) is 4. The number of benzene rings is 1. The second-order valence-corrected chi connectivity index (χ2v) is 7.91.